The second-order valence-electron chi connectivity index (χ2n) is 7.17. The summed E-state index contributed by atoms with van der Waals surface area (Å²) < 4.78 is 11.7. The van der Waals surface area contributed by atoms with Crippen molar-refractivity contribution < 1.29 is 14.3 Å². The number of methoxy groups -OCH3 is 2. The third kappa shape index (κ3) is 3.46. The van der Waals surface area contributed by atoms with E-state index in [1.165, 1.54) is 0 Å². The maximum atomic E-state index is 13.6. The summed E-state index contributed by atoms with van der Waals surface area (Å²) in [6, 6.07) is 13.0. The summed E-state index contributed by atoms with van der Waals surface area (Å²) >= 11 is 9.24. The SMILES string of the molecule is COc1ccc(C(=O)N2C(=S)C(c3ccc(Br)cc3)=NC23CCCC3)cc1OC. The predicted octanol–water partition coefficient (Wildman–Crippen LogP) is 5.01. The smallest absolute Gasteiger partial charge is 0.261 e. The van der Waals surface area contributed by atoms with E-state index in [-0.39, 0.29) is 5.91 Å². The van der Waals surface area contributed by atoms with E-state index >= 15 is 0 Å². The summed E-state index contributed by atoms with van der Waals surface area (Å²) in [7, 11) is 3.13. The number of carbonyl (C=O) groups excluding carboxylic acids is 1. The summed E-state index contributed by atoms with van der Waals surface area (Å²) in [4.78, 5) is 20.8. The monoisotopic (exact) mass is 472 g/mol. The van der Waals surface area contributed by atoms with Gasteiger partial charge in [0.05, 0.1) is 14.2 Å². The van der Waals surface area contributed by atoms with Gasteiger partial charge in [0.1, 0.15) is 16.4 Å². The van der Waals surface area contributed by atoms with Crippen molar-refractivity contribution in [3.63, 3.8) is 0 Å². The molecule has 2 aromatic rings. The lowest BCUT2D eigenvalue weighted by atomic mass is 10.1. The molecule has 1 spiro atoms. The van der Waals surface area contributed by atoms with Crippen molar-refractivity contribution in [2.45, 2.75) is 31.3 Å². The summed E-state index contributed by atoms with van der Waals surface area (Å²) in [6.07, 6.45) is 3.67. The molecule has 2 aromatic carbocycles. The van der Waals surface area contributed by atoms with Crippen LogP contribution < -0.4 is 9.47 Å². The Morgan fingerprint density at radius 2 is 1.72 bits per heavy atom. The van der Waals surface area contributed by atoms with Gasteiger partial charge in [-0.1, -0.05) is 40.3 Å². The lowest BCUT2D eigenvalue weighted by Gasteiger charge is -2.32. The van der Waals surface area contributed by atoms with Crippen LogP contribution in [0.5, 0.6) is 11.5 Å². The fraction of sp³-hybridized carbons (Fsp3) is 0.318. The molecule has 0 aromatic heterocycles. The molecule has 1 aliphatic carbocycles. The van der Waals surface area contributed by atoms with Gasteiger partial charge in [-0.15, -0.1) is 0 Å². The van der Waals surface area contributed by atoms with Gasteiger partial charge in [-0.25, -0.2) is 0 Å². The van der Waals surface area contributed by atoms with Crippen molar-refractivity contribution in [3.8, 4) is 11.5 Å². The summed E-state index contributed by atoms with van der Waals surface area (Å²) in [5, 5.41) is 0. The van der Waals surface area contributed by atoms with Crippen LogP contribution in [0.4, 0.5) is 0 Å². The van der Waals surface area contributed by atoms with Crippen LogP contribution in [0.25, 0.3) is 0 Å². The molecule has 4 rings (SSSR count). The zero-order valence-electron chi connectivity index (χ0n) is 16.3. The molecule has 0 bridgehead atoms. The molecule has 1 saturated carbocycles. The van der Waals surface area contributed by atoms with E-state index in [1.54, 1.807) is 37.3 Å². The predicted molar refractivity (Wildman–Crippen MR) is 120 cm³/mol. The van der Waals surface area contributed by atoms with Gasteiger partial charge in [0, 0.05) is 15.6 Å². The van der Waals surface area contributed by atoms with Crippen LogP contribution in [0.15, 0.2) is 51.9 Å². The van der Waals surface area contributed by atoms with Gasteiger partial charge in [-0.2, -0.15) is 0 Å². The van der Waals surface area contributed by atoms with E-state index in [1.807, 2.05) is 24.3 Å². The number of hydrogen-bond donors (Lipinski definition) is 0. The van der Waals surface area contributed by atoms with E-state index in [2.05, 4.69) is 15.9 Å². The number of thiocarbonyl (C=S) groups is 1. The standard InChI is InChI=1S/C22H21BrN2O3S/c1-27-17-10-7-15(13-18(17)28-2)20(26)25-21(29)19(14-5-8-16(23)9-6-14)24-22(25)11-3-4-12-22/h5-10,13H,3-4,11-12H2,1-2H3. The molecule has 0 atom stereocenters. The average molecular weight is 473 g/mol. The van der Waals surface area contributed by atoms with Crippen LogP contribution in [0.3, 0.4) is 0 Å². The number of carbonyl (C=O) groups is 1. The zero-order valence-corrected chi connectivity index (χ0v) is 18.7. The second kappa shape index (κ2) is 7.88. The first-order valence-corrected chi connectivity index (χ1v) is 10.7. The fourth-order valence-corrected chi connectivity index (χ4v) is 4.73. The molecule has 0 N–H and O–H groups in total. The number of amides is 1. The third-order valence-electron chi connectivity index (χ3n) is 5.50. The lowest BCUT2D eigenvalue weighted by Crippen LogP contribution is -2.48. The van der Waals surface area contributed by atoms with Gasteiger partial charge in [0.25, 0.3) is 5.91 Å². The molecule has 2 aliphatic rings. The Labute approximate surface area is 183 Å². The first-order valence-electron chi connectivity index (χ1n) is 9.46. The molecule has 1 aliphatic heterocycles. The number of halogens is 1. The van der Waals surface area contributed by atoms with Gasteiger partial charge in [0.2, 0.25) is 0 Å². The Bertz CT molecular complexity index is 998. The van der Waals surface area contributed by atoms with Gasteiger partial charge in [0.15, 0.2) is 11.5 Å². The average Bonchev–Trinajstić information content (AvgIpc) is 3.32. The van der Waals surface area contributed by atoms with E-state index in [0.717, 1.165) is 35.7 Å². The molecular weight excluding hydrogens is 452 g/mol. The molecule has 29 heavy (non-hydrogen) atoms. The molecule has 5 nitrogen and oxygen atoms in total. The van der Waals surface area contributed by atoms with Crippen molar-refractivity contribution in [2.75, 3.05) is 14.2 Å². The molecule has 7 heteroatoms. The summed E-state index contributed by atoms with van der Waals surface area (Å²) in [5.41, 5.74) is 1.54. The Morgan fingerprint density at radius 3 is 2.34 bits per heavy atom. The van der Waals surface area contributed by atoms with Gasteiger partial charge >= 0.3 is 0 Å². The minimum absolute atomic E-state index is 0.159. The van der Waals surface area contributed by atoms with Crippen LogP contribution in [-0.2, 0) is 0 Å². The van der Waals surface area contributed by atoms with E-state index in [9.17, 15) is 4.79 Å². The number of benzene rings is 2. The van der Waals surface area contributed by atoms with Crippen molar-refractivity contribution in [3.05, 3.63) is 58.1 Å². The molecular formula is C22H21BrN2O3S. The van der Waals surface area contributed by atoms with Crippen LogP contribution in [0, 0.1) is 0 Å². The third-order valence-corrected chi connectivity index (χ3v) is 6.40. The highest BCUT2D eigenvalue weighted by atomic mass is 79.9. The number of aliphatic imine (C=N–C) groups is 1. The Morgan fingerprint density at radius 1 is 1.07 bits per heavy atom. The molecule has 150 valence electrons. The highest BCUT2D eigenvalue weighted by molar-refractivity contribution is 9.10. The maximum absolute atomic E-state index is 13.6. The summed E-state index contributed by atoms with van der Waals surface area (Å²) in [6.45, 7) is 0. The molecule has 0 saturated heterocycles. The Balaban J connectivity index is 1.74. The lowest BCUT2D eigenvalue weighted by molar-refractivity contribution is 0.0724. The summed E-state index contributed by atoms with van der Waals surface area (Å²) in [5.74, 6) is 0.933. The highest BCUT2D eigenvalue weighted by Crippen LogP contribution is 2.42. The number of nitrogens with zero attached hydrogens (tertiary/aromatic N) is 2. The normalized spacial score (nSPS) is 17.6. The van der Waals surface area contributed by atoms with Crippen LogP contribution in [-0.4, -0.2) is 41.4 Å². The molecule has 1 fully saturated rings. The molecule has 0 unspecified atom stereocenters. The maximum Gasteiger partial charge on any atom is 0.261 e. The molecule has 1 heterocycles. The van der Waals surface area contributed by atoms with Gasteiger partial charge in [-0.3, -0.25) is 14.7 Å². The van der Waals surface area contributed by atoms with E-state index in [0.29, 0.717) is 27.8 Å². The first-order chi connectivity index (χ1) is 14.0. The molecule has 0 radical (unpaired) electrons. The highest BCUT2D eigenvalue weighted by Gasteiger charge is 2.50. The topological polar surface area (TPSA) is 51.1 Å². The fourth-order valence-electron chi connectivity index (χ4n) is 4.05. The van der Waals surface area contributed by atoms with Gasteiger partial charge in [-0.05, 0) is 56.0 Å². The first kappa shape index (κ1) is 20.0. The largest absolute Gasteiger partial charge is 0.493 e. The van der Waals surface area contributed by atoms with Crippen LogP contribution in [0.2, 0.25) is 0 Å². The minimum Gasteiger partial charge on any atom is -0.493 e. The van der Waals surface area contributed by atoms with E-state index < -0.39 is 5.66 Å². The van der Waals surface area contributed by atoms with Crippen molar-refractivity contribution in [1.82, 2.24) is 4.90 Å². The van der Waals surface area contributed by atoms with E-state index in [4.69, 9.17) is 26.7 Å². The number of hydrogen-bond acceptors (Lipinski definition) is 5. The molecule has 1 amide bonds. The Kier molecular flexibility index (Phi) is 5.44. The van der Waals surface area contributed by atoms with Gasteiger partial charge < -0.3 is 9.47 Å². The van der Waals surface area contributed by atoms with Crippen LogP contribution >= 0.6 is 28.1 Å². The van der Waals surface area contributed by atoms with Crippen molar-refractivity contribution in [1.29, 1.82) is 0 Å². The number of ether oxygens (including phenoxy) is 2. The second-order valence-corrected chi connectivity index (χ2v) is 8.47. The van der Waals surface area contributed by atoms with Crippen molar-refractivity contribution >= 4 is 44.8 Å². The quantitative estimate of drug-likeness (QED) is 0.586. The Hall–Kier alpha value is -2.25. The van der Waals surface area contributed by atoms with Crippen LogP contribution in [0.1, 0.15) is 41.6 Å². The minimum atomic E-state index is -0.594. The van der Waals surface area contributed by atoms with Crippen molar-refractivity contribution in [2.24, 2.45) is 4.99 Å². The number of rotatable bonds is 4. The zero-order chi connectivity index (χ0) is 20.6.